The number of allylic oxidation sites excluding steroid dienone is 8. The van der Waals surface area contributed by atoms with Crippen LogP contribution in [-0.2, 0) is 14.3 Å². The molecule has 1 aliphatic rings. The number of carbonyl (C=O) groups is 1. The molecule has 0 aliphatic carbocycles. The molecule has 0 aromatic carbocycles. The van der Waals surface area contributed by atoms with Gasteiger partial charge in [-0.05, 0) is 51.4 Å². The molecule has 0 radical (unpaired) electrons. The number of aliphatic hydroxyl groups is 5. The van der Waals surface area contributed by atoms with Crippen molar-refractivity contribution in [2.24, 2.45) is 0 Å². The first-order valence-corrected chi connectivity index (χ1v) is 28.8. The average molecular weight is 961 g/mol. The van der Waals surface area contributed by atoms with Crippen molar-refractivity contribution in [1.29, 1.82) is 0 Å². The van der Waals surface area contributed by atoms with Gasteiger partial charge in [-0.2, -0.15) is 0 Å². The zero-order valence-corrected chi connectivity index (χ0v) is 44.1. The molecule has 1 saturated heterocycles. The van der Waals surface area contributed by atoms with Gasteiger partial charge in [-0.25, -0.2) is 0 Å². The van der Waals surface area contributed by atoms with Crippen LogP contribution in [0.25, 0.3) is 0 Å². The lowest BCUT2D eigenvalue weighted by molar-refractivity contribution is -0.302. The van der Waals surface area contributed by atoms with Crippen LogP contribution in [0.1, 0.15) is 264 Å². The van der Waals surface area contributed by atoms with E-state index in [2.05, 4.69) is 67.8 Å². The molecule has 68 heavy (non-hydrogen) atoms. The third-order valence-corrected chi connectivity index (χ3v) is 13.7. The van der Waals surface area contributed by atoms with Crippen LogP contribution in [0.4, 0.5) is 0 Å². The summed E-state index contributed by atoms with van der Waals surface area (Å²) >= 11 is 0. The summed E-state index contributed by atoms with van der Waals surface area (Å²) < 4.78 is 11.3. The van der Waals surface area contributed by atoms with E-state index < -0.39 is 49.5 Å². The zero-order chi connectivity index (χ0) is 49.4. The third-order valence-electron chi connectivity index (χ3n) is 13.7. The highest BCUT2D eigenvalue weighted by molar-refractivity contribution is 5.76. The summed E-state index contributed by atoms with van der Waals surface area (Å²) in [4.78, 5) is 13.1. The standard InChI is InChI=1S/C59H109NO8/c1-3-5-7-9-11-13-15-17-19-20-21-22-23-24-25-26-27-28-29-30-31-32-33-34-35-37-39-41-43-45-47-49-55(63)60-52(51-67-59-58(66)57(65)56(64)54(50-61)68-59)53(62)48-46-44-42-40-38-36-18-16-14-12-10-8-6-4-2/h5,7,11,13,17,19,21-22,52-54,56-59,61-62,64-66H,3-4,6,8-10,12,14-16,18,20,23-51H2,1-2H3,(H,60,63)/b7-5-,13-11-,19-17-,22-21-. The summed E-state index contributed by atoms with van der Waals surface area (Å²) in [7, 11) is 0. The second-order valence-corrected chi connectivity index (χ2v) is 20.1. The Balaban J connectivity index is 2.13. The predicted molar refractivity (Wildman–Crippen MR) is 286 cm³/mol. The van der Waals surface area contributed by atoms with E-state index in [0.717, 1.165) is 64.2 Å². The molecule has 1 rings (SSSR count). The average Bonchev–Trinajstić information content (AvgIpc) is 3.34. The summed E-state index contributed by atoms with van der Waals surface area (Å²) in [6.07, 6.45) is 57.2. The number of ether oxygens (including phenoxy) is 2. The van der Waals surface area contributed by atoms with Gasteiger partial charge in [0.25, 0.3) is 0 Å². The van der Waals surface area contributed by atoms with Gasteiger partial charge in [-0.15, -0.1) is 0 Å². The Morgan fingerprint density at radius 2 is 0.912 bits per heavy atom. The Bertz CT molecular complexity index is 1210. The van der Waals surface area contributed by atoms with Crippen LogP contribution in [0.5, 0.6) is 0 Å². The van der Waals surface area contributed by atoms with E-state index in [1.54, 1.807) is 0 Å². The SMILES string of the molecule is CC/C=C\C/C=C\C/C=C\C/C=C\CCCCCCCCCCCCCCCCCCCCC(=O)NC(COC1OC(CO)C(O)C(O)C1O)C(O)CCCCCCCCCCCCCCCC. The van der Waals surface area contributed by atoms with Crippen molar-refractivity contribution in [2.75, 3.05) is 13.2 Å². The van der Waals surface area contributed by atoms with Crippen LogP contribution >= 0.6 is 0 Å². The molecule has 1 fully saturated rings. The molecule has 0 aromatic heterocycles. The van der Waals surface area contributed by atoms with Crippen LogP contribution in [0.15, 0.2) is 48.6 Å². The van der Waals surface area contributed by atoms with Crippen LogP contribution < -0.4 is 5.32 Å². The van der Waals surface area contributed by atoms with Gasteiger partial charge in [-0.3, -0.25) is 4.79 Å². The molecule has 6 N–H and O–H groups in total. The fourth-order valence-electron chi connectivity index (χ4n) is 9.15. The lowest BCUT2D eigenvalue weighted by Gasteiger charge is -2.40. The number of hydrogen-bond donors (Lipinski definition) is 6. The molecule has 398 valence electrons. The fraction of sp³-hybridized carbons (Fsp3) is 0.847. The fourth-order valence-corrected chi connectivity index (χ4v) is 9.15. The molecular formula is C59H109NO8. The molecule has 7 atom stereocenters. The molecule has 0 aromatic rings. The molecule has 1 aliphatic heterocycles. The highest BCUT2D eigenvalue weighted by atomic mass is 16.7. The van der Waals surface area contributed by atoms with Gasteiger partial charge in [0.2, 0.25) is 5.91 Å². The van der Waals surface area contributed by atoms with E-state index >= 15 is 0 Å². The molecule has 1 heterocycles. The van der Waals surface area contributed by atoms with Crippen LogP contribution in [-0.4, -0.2) is 87.5 Å². The summed E-state index contributed by atoms with van der Waals surface area (Å²) in [5, 5.41) is 54.6. The Kier molecular flexibility index (Phi) is 46.0. The Morgan fingerprint density at radius 3 is 1.35 bits per heavy atom. The summed E-state index contributed by atoms with van der Waals surface area (Å²) in [6, 6.07) is -0.718. The second kappa shape index (κ2) is 48.8. The minimum absolute atomic E-state index is 0.136. The van der Waals surface area contributed by atoms with Gasteiger partial charge in [0.15, 0.2) is 6.29 Å². The number of unbranched alkanes of at least 4 members (excludes halogenated alkanes) is 31. The Labute approximate surface area is 418 Å². The summed E-state index contributed by atoms with van der Waals surface area (Å²) in [6.45, 7) is 3.74. The van der Waals surface area contributed by atoms with E-state index in [4.69, 9.17) is 9.47 Å². The highest BCUT2D eigenvalue weighted by Gasteiger charge is 2.44. The first-order chi connectivity index (χ1) is 33.3. The molecular weight excluding hydrogens is 851 g/mol. The highest BCUT2D eigenvalue weighted by Crippen LogP contribution is 2.23. The first-order valence-electron chi connectivity index (χ1n) is 28.8. The van der Waals surface area contributed by atoms with E-state index in [0.29, 0.717) is 12.8 Å². The van der Waals surface area contributed by atoms with Crippen LogP contribution in [0.2, 0.25) is 0 Å². The molecule has 1 amide bonds. The van der Waals surface area contributed by atoms with Gasteiger partial charge in [0, 0.05) is 6.42 Å². The van der Waals surface area contributed by atoms with E-state index in [1.807, 2.05) is 0 Å². The number of hydrogen-bond acceptors (Lipinski definition) is 8. The van der Waals surface area contributed by atoms with Gasteiger partial charge < -0.3 is 40.3 Å². The largest absolute Gasteiger partial charge is 0.394 e. The van der Waals surface area contributed by atoms with Crippen molar-refractivity contribution in [3.63, 3.8) is 0 Å². The molecule has 0 spiro atoms. The number of amides is 1. The first kappa shape index (κ1) is 64.2. The molecule has 9 nitrogen and oxygen atoms in total. The molecule has 0 saturated carbocycles. The maximum atomic E-state index is 13.1. The van der Waals surface area contributed by atoms with E-state index in [9.17, 15) is 30.3 Å². The van der Waals surface area contributed by atoms with Crippen molar-refractivity contribution < 1.29 is 39.8 Å². The maximum Gasteiger partial charge on any atom is 0.220 e. The van der Waals surface area contributed by atoms with Gasteiger partial charge >= 0.3 is 0 Å². The Hall–Kier alpha value is -1.85. The monoisotopic (exact) mass is 960 g/mol. The maximum absolute atomic E-state index is 13.1. The van der Waals surface area contributed by atoms with Crippen molar-refractivity contribution in [2.45, 2.75) is 307 Å². The normalized spacial score (nSPS) is 19.9. The number of rotatable bonds is 49. The Morgan fingerprint density at radius 1 is 0.515 bits per heavy atom. The van der Waals surface area contributed by atoms with Crippen molar-refractivity contribution in [3.05, 3.63) is 48.6 Å². The van der Waals surface area contributed by atoms with Gasteiger partial charge in [0.05, 0.1) is 25.4 Å². The third kappa shape index (κ3) is 37.9. The lowest BCUT2D eigenvalue weighted by Crippen LogP contribution is -2.60. The lowest BCUT2D eigenvalue weighted by atomic mass is 9.99. The smallest absolute Gasteiger partial charge is 0.220 e. The van der Waals surface area contributed by atoms with Gasteiger partial charge in [0.1, 0.15) is 24.4 Å². The number of nitrogens with one attached hydrogen (secondary N) is 1. The molecule has 7 unspecified atom stereocenters. The number of carbonyl (C=O) groups excluding carboxylic acids is 1. The molecule has 9 heteroatoms. The summed E-state index contributed by atoms with van der Waals surface area (Å²) in [5.74, 6) is -0.142. The van der Waals surface area contributed by atoms with E-state index in [1.165, 1.54) is 173 Å². The van der Waals surface area contributed by atoms with Crippen molar-refractivity contribution in [1.82, 2.24) is 5.32 Å². The quantitative estimate of drug-likeness (QED) is 0.0261. The van der Waals surface area contributed by atoms with Crippen molar-refractivity contribution >= 4 is 5.91 Å². The van der Waals surface area contributed by atoms with Gasteiger partial charge in [-0.1, -0.05) is 255 Å². The predicted octanol–water partition coefficient (Wildman–Crippen LogP) is 14.1. The minimum Gasteiger partial charge on any atom is -0.394 e. The molecule has 0 bridgehead atoms. The number of aliphatic hydroxyl groups excluding tert-OH is 5. The van der Waals surface area contributed by atoms with E-state index in [-0.39, 0.29) is 12.5 Å². The minimum atomic E-state index is -1.55. The van der Waals surface area contributed by atoms with Crippen LogP contribution in [0.3, 0.4) is 0 Å². The van der Waals surface area contributed by atoms with Crippen LogP contribution in [0, 0.1) is 0 Å². The zero-order valence-electron chi connectivity index (χ0n) is 44.1. The summed E-state index contributed by atoms with van der Waals surface area (Å²) in [5.41, 5.74) is 0. The second-order valence-electron chi connectivity index (χ2n) is 20.1. The topological polar surface area (TPSA) is 149 Å². The van der Waals surface area contributed by atoms with Crippen molar-refractivity contribution in [3.8, 4) is 0 Å².